The third-order valence-electron chi connectivity index (χ3n) is 3.46. The van der Waals surface area contributed by atoms with E-state index in [1.165, 1.54) is 5.56 Å². The van der Waals surface area contributed by atoms with Crippen molar-refractivity contribution in [3.05, 3.63) is 34.4 Å². The van der Waals surface area contributed by atoms with Gasteiger partial charge in [-0.1, -0.05) is 19.4 Å². The fourth-order valence-corrected chi connectivity index (χ4v) is 2.01. The van der Waals surface area contributed by atoms with Gasteiger partial charge in [-0.3, -0.25) is 9.59 Å². The first-order valence-electron chi connectivity index (χ1n) is 7.22. The number of esters is 1. The highest BCUT2D eigenvalue weighted by molar-refractivity contribution is 5.99. The van der Waals surface area contributed by atoms with Crippen LogP contribution in [0.3, 0.4) is 0 Å². The second kappa shape index (κ2) is 7.83. The van der Waals surface area contributed by atoms with Crippen LogP contribution in [0.4, 0.5) is 0 Å². The molecule has 1 aromatic rings. The van der Waals surface area contributed by atoms with E-state index in [1.54, 1.807) is 0 Å². The number of hydrogen-bond acceptors (Lipinski definition) is 3. The number of carbonyl (C=O) groups excluding carboxylic acids is 2. The van der Waals surface area contributed by atoms with Crippen LogP contribution < -0.4 is 0 Å². The van der Waals surface area contributed by atoms with Crippen molar-refractivity contribution >= 4 is 11.8 Å². The van der Waals surface area contributed by atoms with E-state index >= 15 is 0 Å². The van der Waals surface area contributed by atoms with Crippen LogP contribution in [0.25, 0.3) is 0 Å². The maximum Gasteiger partial charge on any atom is 0.306 e. The first-order chi connectivity index (χ1) is 9.45. The Morgan fingerprint density at radius 2 is 1.65 bits per heavy atom. The minimum Gasteiger partial charge on any atom is -0.466 e. The number of aryl methyl sites for hydroxylation is 3. The van der Waals surface area contributed by atoms with Gasteiger partial charge < -0.3 is 4.74 Å². The maximum absolute atomic E-state index is 12.2. The molecular weight excluding hydrogens is 252 g/mol. The van der Waals surface area contributed by atoms with Crippen molar-refractivity contribution in [2.45, 2.75) is 53.4 Å². The number of Topliss-reactive ketones (excluding diaryl/α,β-unsaturated/α-hetero) is 1. The first-order valence-corrected chi connectivity index (χ1v) is 7.22. The lowest BCUT2D eigenvalue weighted by molar-refractivity contribution is -0.143. The number of unbranched alkanes of at least 4 members (excludes halogenated alkanes) is 1. The Bertz CT molecular complexity index is 489. The van der Waals surface area contributed by atoms with Crippen LogP contribution in [0.15, 0.2) is 12.1 Å². The van der Waals surface area contributed by atoms with Gasteiger partial charge in [-0.2, -0.15) is 0 Å². The van der Waals surface area contributed by atoms with Crippen LogP contribution in [0.5, 0.6) is 0 Å². The molecule has 0 saturated heterocycles. The largest absolute Gasteiger partial charge is 0.466 e. The fourth-order valence-electron chi connectivity index (χ4n) is 2.01. The summed E-state index contributed by atoms with van der Waals surface area (Å²) in [6.07, 6.45) is 2.24. The molecular formula is C17H24O3. The van der Waals surface area contributed by atoms with E-state index in [4.69, 9.17) is 4.74 Å². The quantitative estimate of drug-likeness (QED) is 0.431. The molecule has 0 aliphatic heterocycles. The highest BCUT2D eigenvalue weighted by atomic mass is 16.5. The Balaban J connectivity index is 2.55. The molecule has 0 unspecified atom stereocenters. The second-order valence-electron chi connectivity index (χ2n) is 5.25. The monoisotopic (exact) mass is 276 g/mol. The lowest BCUT2D eigenvalue weighted by atomic mass is 9.96. The van der Waals surface area contributed by atoms with Crippen molar-refractivity contribution < 1.29 is 14.3 Å². The normalized spacial score (nSPS) is 10.4. The highest BCUT2D eigenvalue weighted by Gasteiger charge is 2.13. The Morgan fingerprint density at radius 3 is 2.30 bits per heavy atom. The highest BCUT2D eigenvalue weighted by Crippen LogP contribution is 2.17. The van der Waals surface area contributed by atoms with Gasteiger partial charge in [0.25, 0.3) is 0 Å². The minimum atomic E-state index is -0.284. The predicted octanol–water partition coefficient (Wildman–Crippen LogP) is 3.92. The van der Waals surface area contributed by atoms with Gasteiger partial charge >= 0.3 is 5.97 Å². The Labute approximate surface area is 121 Å². The number of ether oxygens (including phenoxy) is 1. The molecule has 1 aromatic carbocycles. The molecule has 0 aliphatic rings. The molecule has 0 heterocycles. The standard InChI is InChI=1S/C17H24O3/c1-5-6-9-20-17(19)8-7-16(18)15-11-13(3)12(2)10-14(15)4/h10-11H,5-9H2,1-4H3. The summed E-state index contributed by atoms with van der Waals surface area (Å²) >= 11 is 0. The third-order valence-corrected chi connectivity index (χ3v) is 3.46. The zero-order valence-electron chi connectivity index (χ0n) is 12.9. The number of rotatable bonds is 7. The van der Waals surface area contributed by atoms with Gasteiger partial charge in [-0.15, -0.1) is 0 Å². The van der Waals surface area contributed by atoms with Crippen LogP contribution in [-0.4, -0.2) is 18.4 Å². The molecule has 3 nitrogen and oxygen atoms in total. The summed E-state index contributed by atoms with van der Waals surface area (Å²) in [5, 5.41) is 0. The molecule has 0 saturated carbocycles. The van der Waals surface area contributed by atoms with E-state index in [-0.39, 0.29) is 24.6 Å². The van der Waals surface area contributed by atoms with Gasteiger partial charge in [0, 0.05) is 12.0 Å². The number of hydrogen-bond donors (Lipinski definition) is 0. The van der Waals surface area contributed by atoms with E-state index in [9.17, 15) is 9.59 Å². The lowest BCUT2D eigenvalue weighted by Gasteiger charge is -2.09. The van der Waals surface area contributed by atoms with Gasteiger partial charge in [0.15, 0.2) is 5.78 Å². The van der Waals surface area contributed by atoms with Gasteiger partial charge in [-0.05, 0) is 49.9 Å². The molecule has 0 N–H and O–H groups in total. The fraction of sp³-hybridized carbons (Fsp3) is 0.529. The molecule has 0 bridgehead atoms. The van der Waals surface area contributed by atoms with Gasteiger partial charge in [-0.25, -0.2) is 0 Å². The molecule has 0 spiro atoms. The number of carbonyl (C=O) groups is 2. The van der Waals surface area contributed by atoms with Crippen LogP contribution >= 0.6 is 0 Å². The van der Waals surface area contributed by atoms with Gasteiger partial charge in [0.2, 0.25) is 0 Å². The average molecular weight is 276 g/mol. The molecule has 0 atom stereocenters. The first kappa shape index (κ1) is 16.4. The smallest absolute Gasteiger partial charge is 0.306 e. The topological polar surface area (TPSA) is 43.4 Å². The Morgan fingerprint density at radius 1 is 1.00 bits per heavy atom. The van der Waals surface area contributed by atoms with Crippen molar-refractivity contribution in [3.63, 3.8) is 0 Å². The summed E-state index contributed by atoms with van der Waals surface area (Å²) in [6.45, 7) is 8.44. The van der Waals surface area contributed by atoms with E-state index in [2.05, 4.69) is 0 Å². The summed E-state index contributed by atoms with van der Waals surface area (Å²) in [6, 6.07) is 3.93. The van der Waals surface area contributed by atoms with Crippen LogP contribution in [-0.2, 0) is 9.53 Å². The Kier molecular flexibility index (Phi) is 6.43. The molecule has 110 valence electrons. The minimum absolute atomic E-state index is 0.0121. The van der Waals surface area contributed by atoms with Crippen molar-refractivity contribution in [3.8, 4) is 0 Å². The van der Waals surface area contributed by atoms with Crippen LogP contribution in [0, 0.1) is 20.8 Å². The van der Waals surface area contributed by atoms with Crippen molar-refractivity contribution in [1.82, 2.24) is 0 Å². The van der Waals surface area contributed by atoms with Crippen molar-refractivity contribution in [1.29, 1.82) is 0 Å². The summed E-state index contributed by atoms with van der Waals surface area (Å²) < 4.78 is 5.05. The van der Waals surface area contributed by atoms with Crippen LogP contribution in [0.1, 0.15) is 59.7 Å². The molecule has 0 fully saturated rings. The van der Waals surface area contributed by atoms with E-state index < -0.39 is 0 Å². The summed E-state index contributed by atoms with van der Waals surface area (Å²) in [7, 11) is 0. The van der Waals surface area contributed by atoms with E-state index in [1.807, 2.05) is 39.8 Å². The van der Waals surface area contributed by atoms with E-state index in [0.717, 1.165) is 29.5 Å². The number of benzene rings is 1. The molecule has 3 heteroatoms. The van der Waals surface area contributed by atoms with Gasteiger partial charge in [0.05, 0.1) is 13.0 Å². The maximum atomic E-state index is 12.2. The SMILES string of the molecule is CCCCOC(=O)CCC(=O)c1cc(C)c(C)cc1C. The van der Waals surface area contributed by atoms with E-state index in [0.29, 0.717) is 6.61 Å². The summed E-state index contributed by atoms with van der Waals surface area (Å²) in [4.78, 5) is 23.6. The second-order valence-corrected chi connectivity index (χ2v) is 5.25. The third kappa shape index (κ3) is 4.80. The average Bonchev–Trinajstić information content (AvgIpc) is 2.40. The summed E-state index contributed by atoms with van der Waals surface area (Å²) in [5.74, 6) is -0.272. The zero-order valence-corrected chi connectivity index (χ0v) is 12.9. The number of ketones is 1. The predicted molar refractivity (Wildman–Crippen MR) is 80.1 cm³/mol. The summed E-state index contributed by atoms with van der Waals surface area (Å²) in [5.41, 5.74) is 3.97. The zero-order chi connectivity index (χ0) is 15.1. The van der Waals surface area contributed by atoms with Crippen LogP contribution in [0.2, 0.25) is 0 Å². The molecule has 0 amide bonds. The van der Waals surface area contributed by atoms with Gasteiger partial charge in [0.1, 0.15) is 0 Å². The Hall–Kier alpha value is -1.64. The van der Waals surface area contributed by atoms with Crippen molar-refractivity contribution in [2.75, 3.05) is 6.61 Å². The molecule has 0 aliphatic carbocycles. The lowest BCUT2D eigenvalue weighted by Crippen LogP contribution is -2.10. The molecule has 0 radical (unpaired) electrons. The molecule has 0 aromatic heterocycles. The molecule has 1 rings (SSSR count). The van der Waals surface area contributed by atoms with Crippen molar-refractivity contribution in [2.24, 2.45) is 0 Å². The molecule has 20 heavy (non-hydrogen) atoms.